The van der Waals surface area contributed by atoms with Crippen molar-refractivity contribution in [2.24, 2.45) is 23.7 Å². The zero-order valence-electron chi connectivity index (χ0n) is 59.5. The number of phosphoric ester groups is 2. The normalized spacial score (nSPS) is 14.5. The second-order valence-corrected chi connectivity index (χ2v) is 30.6. The SMILES string of the molecule is CCC(C)CCCCCCCCCCC(=O)O[C@H](COC(=O)CCCCCCCCCCCCCCCC(C)C)COP(=O)(O)OC[C@@H](O)COP(=O)(O)OC[C@@H](COC(=O)CCCCCCCCC(C)C)OC(=O)CCCCCCCCCCCCCC(C)C. The van der Waals surface area contributed by atoms with Crippen LogP contribution in [-0.2, 0) is 65.4 Å². The summed E-state index contributed by atoms with van der Waals surface area (Å²) in [6.07, 6.45) is 44.5. The summed E-state index contributed by atoms with van der Waals surface area (Å²) in [4.78, 5) is 72.6. The molecule has 0 aromatic carbocycles. The van der Waals surface area contributed by atoms with Crippen molar-refractivity contribution in [1.82, 2.24) is 0 Å². The third kappa shape index (κ3) is 65.1. The molecule has 0 aliphatic heterocycles. The Hall–Kier alpha value is -1.94. The highest BCUT2D eigenvalue weighted by Gasteiger charge is 2.30. The van der Waals surface area contributed by atoms with Gasteiger partial charge in [0.05, 0.1) is 26.4 Å². The van der Waals surface area contributed by atoms with E-state index in [1.54, 1.807) is 0 Å². The molecule has 540 valence electrons. The van der Waals surface area contributed by atoms with Crippen molar-refractivity contribution in [3.05, 3.63) is 0 Å². The van der Waals surface area contributed by atoms with Crippen LogP contribution in [0.4, 0.5) is 0 Å². The van der Waals surface area contributed by atoms with Gasteiger partial charge in [-0.05, 0) is 49.4 Å². The Morgan fingerprint density at radius 3 is 0.780 bits per heavy atom. The fraction of sp³-hybridized carbons (Fsp3) is 0.944. The zero-order chi connectivity index (χ0) is 67.5. The van der Waals surface area contributed by atoms with Gasteiger partial charge in [0.1, 0.15) is 19.3 Å². The first kappa shape index (κ1) is 89.1. The topological polar surface area (TPSA) is 237 Å². The van der Waals surface area contributed by atoms with Gasteiger partial charge in [0.15, 0.2) is 12.2 Å². The summed E-state index contributed by atoms with van der Waals surface area (Å²) >= 11 is 0. The van der Waals surface area contributed by atoms with Crippen LogP contribution in [0.5, 0.6) is 0 Å². The Morgan fingerprint density at radius 1 is 0.308 bits per heavy atom. The molecule has 0 saturated heterocycles. The lowest BCUT2D eigenvalue weighted by atomic mass is 9.99. The fourth-order valence-electron chi connectivity index (χ4n) is 10.8. The number of aliphatic hydroxyl groups is 1. The van der Waals surface area contributed by atoms with E-state index in [9.17, 15) is 43.2 Å². The molecule has 0 spiro atoms. The summed E-state index contributed by atoms with van der Waals surface area (Å²) in [7, 11) is -9.91. The molecule has 17 nitrogen and oxygen atoms in total. The number of ether oxygens (including phenoxy) is 4. The van der Waals surface area contributed by atoms with Crippen LogP contribution in [0.2, 0.25) is 0 Å². The third-order valence-corrected chi connectivity index (χ3v) is 18.8. The van der Waals surface area contributed by atoms with Crippen LogP contribution < -0.4 is 0 Å². The second kappa shape index (κ2) is 61.6. The van der Waals surface area contributed by atoms with Crippen molar-refractivity contribution in [2.75, 3.05) is 39.6 Å². The monoisotopic (exact) mass is 1340 g/mol. The van der Waals surface area contributed by atoms with E-state index in [-0.39, 0.29) is 25.7 Å². The highest BCUT2D eigenvalue weighted by molar-refractivity contribution is 7.47. The maximum absolute atomic E-state index is 13.0. The van der Waals surface area contributed by atoms with E-state index in [0.717, 1.165) is 114 Å². The lowest BCUT2D eigenvalue weighted by Gasteiger charge is -2.21. The number of aliphatic hydroxyl groups excluding tert-OH is 1. The number of esters is 4. The quantitative estimate of drug-likeness (QED) is 0.0222. The van der Waals surface area contributed by atoms with Crippen LogP contribution in [0.1, 0.15) is 357 Å². The van der Waals surface area contributed by atoms with Gasteiger partial charge in [0, 0.05) is 25.7 Å². The second-order valence-electron chi connectivity index (χ2n) is 27.6. The smallest absolute Gasteiger partial charge is 0.462 e. The molecular weight excluding hydrogens is 1200 g/mol. The van der Waals surface area contributed by atoms with E-state index in [1.165, 1.54) is 154 Å². The Morgan fingerprint density at radius 2 is 0.527 bits per heavy atom. The van der Waals surface area contributed by atoms with Crippen LogP contribution in [-0.4, -0.2) is 96.7 Å². The predicted octanol–water partition coefficient (Wildman–Crippen LogP) is 20.5. The standard InChI is InChI=1S/C72H140O17P2/c1-9-65(8)51-43-35-26-22-23-29-39-47-55-72(77)89-67(58-82-69(74)52-44-36-27-20-16-12-10-11-14-18-24-32-40-48-62(2)3)60-86-90(78,79)84-56-66(73)57-85-91(80,81)87-61-68(59-83-70(75)53-45-37-31-30-34-42-50-64(6)7)88-71(76)54-46-38-28-21-17-13-15-19-25-33-41-49-63(4)5/h62-68,73H,9-61H2,1-8H3,(H,78,79)(H,80,81)/t65?,66-,67-,68-/m1/s1. The minimum atomic E-state index is -4.95. The Labute approximate surface area is 556 Å². The molecule has 91 heavy (non-hydrogen) atoms. The largest absolute Gasteiger partial charge is 0.472 e. The number of phosphoric acid groups is 2. The minimum absolute atomic E-state index is 0.105. The molecule has 3 N–H and O–H groups in total. The third-order valence-electron chi connectivity index (χ3n) is 16.9. The first-order valence-corrected chi connectivity index (χ1v) is 40.2. The molecule has 0 amide bonds. The molecule has 6 atom stereocenters. The van der Waals surface area contributed by atoms with Crippen molar-refractivity contribution in [2.45, 2.75) is 375 Å². The average Bonchev–Trinajstić information content (AvgIpc) is 3.71. The molecule has 3 unspecified atom stereocenters. The predicted molar refractivity (Wildman–Crippen MR) is 367 cm³/mol. The van der Waals surface area contributed by atoms with Gasteiger partial charge in [-0.2, -0.15) is 0 Å². The Bertz CT molecular complexity index is 1800. The van der Waals surface area contributed by atoms with E-state index in [4.69, 9.17) is 37.0 Å². The van der Waals surface area contributed by atoms with Gasteiger partial charge in [-0.1, -0.05) is 306 Å². The van der Waals surface area contributed by atoms with E-state index >= 15 is 0 Å². The number of unbranched alkanes of at least 4 members (excludes halogenated alkanes) is 34. The van der Waals surface area contributed by atoms with Gasteiger partial charge >= 0.3 is 39.5 Å². The van der Waals surface area contributed by atoms with Crippen molar-refractivity contribution >= 4 is 39.5 Å². The summed E-state index contributed by atoms with van der Waals surface area (Å²) in [5.74, 6) is 0.876. The van der Waals surface area contributed by atoms with Crippen LogP contribution >= 0.6 is 15.6 Å². The van der Waals surface area contributed by atoms with Gasteiger partial charge in [-0.25, -0.2) is 9.13 Å². The summed E-state index contributed by atoms with van der Waals surface area (Å²) in [5, 5.41) is 10.6. The van der Waals surface area contributed by atoms with Gasteiger partial charge < -0.3 is 33.8 Å². The highest BCUT2D eigenvalue weighted by Crippen LogP contribution is 2.45. The molecule has 0 aliphatic rings. The van der Waals surface area contributed by atoms with Gasteiger partial charge in [0.2, 0.25) is 0 Å². The first-order chi connectivity index (χ1) is 43.6. The number of rotatable bonds is 69. The molecule has 0 bridgehead atoms. The summed E-state index contributed by atoms with van der Waals surface area (Å²) < 4.78 is 68.3. The first-order valence-electron chi connectivity index (χ1n) is 37.2. The molecule has 0 aliphatic carbocycles. The van der Waals surface area contributed by atoms with E-state index in [2.05, 4.69) is 55.4 Å². The fourth-order valence-corrected chi connectivity index (χ4v) is 12.4. The zero-order valence-corrected chi connectivity index (χ0v) is 61.3. The summed E-state index contributed by atoms with van der Waals surface area (Å²) in [6.45, 7) is 14.1. The number of hydrogen-bond acceptors (Lipinski definition) is 15. The Kier molecular flexibility index (Phi) is 60.3. The van der Waals surface area contributed by atoms with Crippen LogP contribution in [0.15, 0.2) is 0 Å². The minimum Gasteiger partial charge on any atom is -0.462 e. The molecule has 0 aromatic heterocycles. The lowest BCUT2D eigenvalue weighted by molar-refractivity contribution is -0.161. The lowest BCUT2D eigenvalue weighted by Crippen LogP contribution is -2.30. The maximum Gasteiger partial charge on any atom is 0.472 e. The average molecular weight is 1340 g/mol. The summed E-state index contributed by atoms with van der Waals surface area (Å²) in [6, 6.07) is 0. The number of carbonyl (C=O) groups excluding carboxylic acids is 4. The molecule has 0 fully saturated rings. The maximum atomic E-state index is 13.0. The van der Waals surface area contributed by atoms with Gasteiger partial charge in [-0.3, -0.25) is 37.3 Å². The highest BCUT2D eigenvalue weighted by atomic mass is 31.2. The van der Waals surface area contributed by atoms with Crippen molar-refractivity contribution in [3.63, 3.8) is 0 Å². The van der Waals surface area contributed by atoms with Gasteiger partial charge in [0.25, 0.3) is 0 Å². The van der Waals surface area contributed by atoms with Crippen molar-refractivity contribution in [1.29, 1.82) is 0 Å². The Balaban J connectivity index is 5.24. The number of carbonyl (C=O) groups is 4. The van der Waals surface area contributed by atoms with Crippen LogP contribution in [0.3, 0.4) is 0 Å². The van der Waals surface area contributed by atoms with Gasteiger partial charge in [-0.15, -0.1) is 0 Å². The molecule has 19 heteroatoms. The molecule has 0 radical (unpaired) electrons. The van der Waals surface area contributed by atoms with Crippen LogP contribution in [0, 0.1) is 23.7 Å². The molecule has 0 heterocycles. The van der Waals surface area contributed by atoms with Crippen molar-refractivity contribution < 1.29 is 80.2 Å². The van der Waals surface area contributed by atoms with Crippen LogP contribution in [0.25, 0.3) is 0 Å². The molecular formula is C72H140O17P2. The summed E-state index contributed by atoms with van der Waals surface area (Å²) in [5.41, 5.74) is 0. The number of hydrogen-bond donors (Lipinski definition) is 3. The van der Waals surface area contributed by atoms with E-state index in [1.807, 2.05) is 0 Å². The molecule has 0 saturated carbocycles. The van der Waals surface area contributed by atoms with E-state index < -0.39 is 97.5 Å². The molecule has 0 aromatic rings. The molecule has 0 rings (SSSR count). The van der Waals surface area contributed by atoms with E-state index in [0.29, 0.717) is 31.6 Å². The van der Waals surface area contributed by atoms with Crippen molar-refractivity contribution in [3.8, 4) is 0 Å².